The van der Waals surface area contributed by atoms with Gasteiger partial charge in [0.1, 0.15) is 6.10 Å². The Morgan fingerprint density at radius 1 is 1.31 bits per heavy atom. The fraction of sp³-hybridized carbons (Fsp3) is 0.778. The first-order chi connectivity index (χ1) is 6.07. The summed E-state index contributed by atoms with van der Waals surface area (Å²) in [5, 5.41) is 17.5. The van der Waals surface area contributed by atoms with Crippen molar-refractivity contribution in [1.29, 1.82) is 0 Å². The molecule has 0 amide bonds. The highest BCUT2D eigenvalue weighted by Gasteiger charge is 2.13. The molecule has 0 bridgehead atoms. The third-order valence-electron chi connectivity index (χ3n) is 1.74. The standard InChI is InChI=1S/C9H16O4/c1-2-4-7(10)8(11)5-3-6-9(12)13/h8,11H,2-6H2,1H3,(H,12,13). The molecule has 4 heteroatoms. The van der Waals surface area contributed by atoms with Gasteiger partial charge in [0, 0.05) is 12.8 Å². The summed E-state index contributed by atoms with van der Waals surface area (Å²) in [6.07, 6.45) is 0.732. The summed E-state index contributed by atoms with van der Waals surface area (Å²) in [6.45, 7) is 1.86. The number of carboxylic acid groups (broad SMARTS) is 1. The molecule has 76 valence electrons. The molecular formula is C9H16O4. The van der Waals surface area contributed by atoms with E-state index in [0.29, 0.717) is 12.8 Å². The lowest BCUT2D eigenvalue weighted by Gasteiger charge is -2.06. The monoisotopic (exact) mass is 188 g/mol. The molecule has 0 aromatic rings. The molecule has 4 nitrogen and oxygen atoms in total. The minimum absolute atomic E-state index is 0.0104. The molecule has 1 atom stereocenters. The molecular weight excluding hydrogens is 172 g/mol. The molecule has 0 aliphatic heterocycles. The largest absolute Gasteiger partial charge is 0.481 e. The Labute approximate surface area is 77.6 Å². The fourth-order valence-corrected chi connectivity index (χ4v) is 1.02. The number of carbonyl (C=O) groups is 2. The van der Waals surface area contributed by atoms with Crippen LogP contribution >= 0.6 is 0 Å². The molecule has 1 unspecified atom stereocenters. The lowest BCUT2D eigenvalue weighted by molar-refractivity contribution is -0.137. The summed E-state index contributed by atoms with van der Waals surface area (Å²) in [5.74, 6) is -1.08. The van der Waals surface area contributed by atoms with Crippen molar-refractivity contribution in [3.63, 3.8) is 0 Å². The van der Waals surface area contributed by atoms with Crippen LogP contribution in [0.5, 0.6) is 0 Å². The number of hydrogen-bond donors (Lipinski definition) is 2. The lowest BCUT2D eigenvalue weighted by Crippen LogP contribution is -2.19. The molecule has 0 radical (unpaired) electrons. The first-order valence-electron chi connectivity index (χ1n) is 4.50. The van der Waals surface area contributed by atoms with Gasteiger partial charge in [-0.15, -0.1) is 0 Å². The number of aliphatic hydroxyl groups is 1. The van der Waals surface area contributed by atoms with E-state index in [9.17, 15) is 14.7 Å². The zero-order valence-corrected chi connectivity index (χ0v) is 7.82. The van der Waals surface area contributed by atoms with Crippen molar-refractivity contribution in [2.45, 2.75) is 45.1 Å². The number of carboxylic acids is 1. The summed E-state index contributed by atoms with van der Waals surface area (Å²) in [5.41, 5.74) is 0. The average Bonchev–Trinajstić information content (AvgIpc) is 2.04. The minimum Gasteiger partial charge on any atom is -0.481 e. The maximum absolute atomic E-state index is 11.0. The number of rotatable bonds is 7. The van der Waals surface area contributed by atoms with Gasteiger partial charge < -0.3 is 10.2 Å². The van der Waals surface area contributed by atoms with Crippen LogP contribution in [-0.2, 0) is 9.59 Å². The summed E-state index contributed by atoms with van der Waals surface area (Å²) >= 11 is 0. The predicted molar refractivity (Wildman–Crippen MR) is 47.4 cm³/mol. The Hall–Kier alpha value is -0.900. The smallest absolute Gasteiger partial charge is 0.303 e. The number of hydrogen-bond acceptors (Lipinski definition) is 3. The van der Waals surface area contributed by atoms with Crippen molar-refractivity contribution in [3.05, 3.63) is 0 Å². The van der Waals surface area contributed by atoms with Crippen molar-refractivity contribution in [3.8, 4) is 0 Å². The maximum Gasteiger partial charge on any atom is 0.303 e. The third kappa shape index (κ3) is 6.28. The highest BCUT2D eigenvalue weighted by atomic mass is 16.4. The number of aliphatic carboxylic acids is 1. The van der Waals surface area contributed by atoms with Gasteiger partial charge in [0.2, 0.25) is 0 Å². The van der Waals surface area contributed by atoms with E-state index in [-0.39, 0.29) is 18.6 Å². The van der Waals surface area contributed by atoms with Gasteiger partial charge in [-0.1, -0.05) is 6.92 Å². The molecule has 0 heterocycles. The Morgan fingerprint density at radius 3 is 2.38 bits per heavy atom. The van der Waals surface area contributed by atoms with Crippen molar-refractivity contribution in [2.75, 3.05) is 0 Å². The Balaban J connectivity index is 3.55. The van der Waals surface area contributed by atoms with Gasteiger partial charge in [-0.25, -0.2) is 0 Å². The summed E-state index contributed by atoms with van der Waals surface area (Å²) in [7, 11) is 0. The van der Waals surface area contributed by atoms with Gasteiger partial charge >= 0.3 is 5.97 Å². The van der Waals surface area contributed by atoms with Gasteiger partial charge in [0.05, 0.1) is 0 Å². The molecule has 0 saturated carbocycles. The zero-order chi connectivity index (χ0) is 10.3. The van der Waals surface area contributed by atoms with Crippen molar-refractivity contribution < 1.29 is 19.8 Å². The van der Waals surface area contributed by atoms with Crippen LogP contribution < -0.4 is 0 Å². The Bertz CT molecular complexity index is 176. The molecule has 0 aromatic carbocycles. The molecule has 2 N–H and O–H groups in total. The van der Waals surface area contributed by atoms with E-state index in [0.717, 1.165) is 6.42 Å². The van der Waals surface area contributed by atoms with Crippen LogP contribution in [0.1, 0.15) is 39.0 Å². The minimum atomic E-state index is -0.973. The zero-order valence-electron chi connectivity index (χ0n) is 7.82. The van der Waals surface area contributed by atoms with E-state index >= 15 is 0 Å². The topological polar surface area (TPSA) is 74.6 Å². The van der Waals surface area contributed by atoms with Crippen molar-refractivity contribution in [1.82, 2.24) is 0 Å². The van der Waals surface area contributed by atoms with E-state index in [1.54, 1.807) is 0 Å². The molecule has 13 heavy (non-hydrogen) atoms. The van der Waals surface area contributed by atoms with E-state index in [4.69, 9.17) is 5.11 Å². The van der Waals surface area contributed by atoms with Crippen LogP contribution in [-0.4, -0.2) is 28.1 Å². The summed E-state index contributed by atoms with van der Waals surface area (Å²) < 4.78 is 0. The molecule has 0 saturated heterocycles. The third-order valence-corrected chi connectivity index (χ3v) is 1.74. The van der Waals surface area contributed by atoms with Gasteiger partial charge in [0.15, 0.2) is 5.78 Å². The second-order valence-corrected chi connectivity index (χ2v) is 3.02. The predicted octanol–water partition coefficient (Wildman–Crippen LogP) is 0.971. The molecule has 0 aliphatic carbocycles. The van der Waals surface area contributed by atoms with Crippen molar-refractivity contribution >= 4 is 11.8 Å². The normalized spacial score (nSPS) is 12.5. The van der Waals surface area contributed by atoms with Crippen LogP contribution in [0.4, 0.5) is 0 Å². The number of Topliss-reactive ketones (excluding diaryl/α,β-unsaturated/α-hetero) is 1. The van der Waals surface area contributed by atoms with Crippen LogP contribution in [0.15, 0.2) is 0 Å². The summed E-state index contributed by atoms with van der Waals surface area (Å²) in [6, 6.07) is 0. The number of aliphatic hydroxyl groups excluding tert-OH is 1. The van der Waals surface area contributed by atoms with Crippen LogP contribution in [0.25, 0.3) is 0 Å². The molecule has 0 aromatic heterocycles. The first-order valence-corrected chi connectivity index (χ1v) is 4.50. The van der Waals surface area contributed by atoms with E-state index in [2.05, 4.69) is 0 Å². The van der Waals surface area contributed by atoms with E-state index < -0.39 is 12.1 Å². The van der Waals surface area contributed by atoms with E-state index in [1.165, 1.54) is 0 Å². The van der Waals surface area contributed by atoms with Crippen LogP contribution in [0.2, 0.25) is 0 Å². The second-order valence-electron chi connectivity index (χ2n) is 3.02. The Morgan fingerprint density at radius 2 is 1.92 bits per heavy atom. The average molecular weight is 188 g/mol. The molecule has 0 aliphatic rings. The number of carbonyl (C=O) groups excluding carboxylic acids is 1. The molecule has 0 rings (SSSR count). The van der Waals surface area contributed by atoms with Gasteiger partial charge in [-0.2, -0.15) is 0 Å². The molecule has 0 fully saturated rings. The van der Waals surface area contributed by atoms with Crippen molar-refractivity contribution in [2.24, 2.45) is 0 Å². The van der Waals surface area contributed by atoms with Gasteiger partial charge in [-0.3, -0.25) is 9.59 Å². The van der Waals surface area contributed by atoms with Gasteiger partial charge in [0.25, 0.3) is 0 Å². The SMILES string of the molecule is CCCC(=O)C(O)CCCC(=O)O. The van der Waals surface area contributed by atoms with E-state index in [1.807, 2.05) is 6.92 Å². The maximum atomic E-state index is 11.0. The van der Waals surface area contributed by atoms with Crippen LogP contribution in [0.3, 0.4) is 0 Å². The highest BCUT2D eigenvalue weighted by molar-refractivity contribution is 5.82. The summed E-state index contributed by atoms with van der Waals surface area (Å²) in [4.78, 5) is 21.1. The van der Waals surface area contributed by atoms with Crippen LogP contribution in [0, 0.1) is 0 Å². The molecule has 0 spiro atoms. The fourth-order valence-electron chi connectivity index (χ4n) is 1.02. The second kappa shape index (κ2) is 6.60. The number of ketones is 1. The quantitative estimate of drug-likeness (QED) is 0.624. The van der Waals surface area contributed by atoms with Gasteiger partial charge in [-0.05, 0) is 19.3 Å². The lowest BCUT2D eigenvalue weighted by atomic mass is 10.1. The Kier molecular flexibility index (Phi) is 6.14. The highest BCUT2D eigenvalue weighted by Crippen LogP contribution is 2.05. The first kappa shape index (κ1) is 12.1.